The maximum atomic E-state index is 11.4. The van der Waals surface area contributed by atoms with Gasteiger partial charge in [0, 0.05) is 0 Å². The van der Waals surface area contributed by atoms with Crippen LogP contribution in [0.3, 0.4) is 0 Å². The molecule has 0 saturated carbocycles. The van der Waals surface area contributed by atoms with Crippen molar-refractivity contribution in [3.63, 3.8) is 0 Å². The lowest BCUT2D eigenvalue weighted by Gasteiger charge is -2.03. The zero-order valence-electron chi connectivity index (χ0n) is 8.85. The zero-order valence-corrected chi connectivity index (χ0v) is 9.67. The number of benzene rings is 1. The first-order valence-corrected chi connectivity index (χ1v) is 6.39. The number of nitrogens with zero attached hydrogens (tertiary/aromatic N) is 2. The molecule has 0 bridgehead atoms. The minimum absolute atomic E-state index is 0.639. The van der Waals surface area contributed by atoms with Crippen LogP contribution in [0.4, 0.5) is 0 Å². The van der Waals surface area contributed by atoms with Crippen molar-refractivity contribution in [2.24, 2.45) is 0 Å². The van der Waals surface area contributed by atoms with E-state index in [2.05, 4.69) is 4.98 Å². The van der Waals surface area contributed by atoms with Gasteiger partial charge < -0.3 is 0 Å². The van der Waals surface area contributed by atoms with Crippen molar-refractivity contribution in [1.29, 1.82) is 0 Å². The van der Waals surface area contributed by atoms with Gasteiger partial charge >= 0.3 is 0 Å². The van der Waals surface area contributed by atoms with Crippen molar-refractivity contribution >= 4 is 21.1 Å². The van der Waals surface area contributed by atoms with E-state index >= 15 is 0 Å². The fourth-order valence-electron chi connectivity index (χ4n) is 1.51. The van der Waals surface area contributed by atoms with Crippen LogP contribution in [0.5, 0.6) is 0 Å². The largest absolute Gasteiger partial charge is 0.237 e. The Morgan fingerprint density at radius 2 is 1.80 bits per heavy atom. The van der Waals surface area contributed by atoms with Gasteiger partial charge in [0.05, 0.1) is 17.3 Å². The first kappa shape index (κ1) is 10.2. The molecule has 0 atom stereocenters. The number of imidazole rings is 1. The van der Waals surface area contributed by atoms with E-state index in [4.69, 9.17) is 0 Å². The molecule has 0 N–H and O–H groups in total. The summed E-state index contributed by atoms with van der Waals surface area (Å²) in [6, 6.07) is 3.74. The number of rotatable bonds is 1. The molecule has 1 heterocycles. The molecule has 0 aliphatic heterocycles. The monoisotopic (exact) mass is 224 g/mol. The Morgan fingerprint density at radius 3 is 2.40 bits per heavy atom. The fourth-order valence-corrected chi connectivity index (χ4v) is 2.23. The molecule has 0 amide bonds. The second kappa shape index (κ2) is 3.06. The predicted octanol–water partition coefficient (Wildman–Crippen LogP) is 1.46. The third kappa shape index (κ3) is 1.63. The van der Waals surface area contributed by atoms with Gasteiger partial charge in [-0.25, -0.2) is 17.4 Å². The van der Waals surface area contributed by atoms with E-state index in [1.54, 1.807) is 0 Å². The highest BCUT2D eigenvalue weighted by atomic mass is 32.2. The number of aryl methyl sites for hydroxylation is 2. The molecule has 0 aliphatic rings. The topological polar surface area (TPSA) is 52.0 Å². The Kier molecular flexibility index (Phi) is 2.08. The molecule has 2 rings (SSSR count). The Labute approximate surface area is 88.6 Å². The summed E-state index contributed by atoms with van der Waals surface area (Å²) in [5, 5.41) is 0. The van der Waals surface area contributed by atoms with E-state index in [1.807, 2.05) is 26.0 Å². The summed E-state index contributed by atoms with van der Waals surface area (Å²) in [4.78, 5) is 4.07. The molecule has 80 valence electrons. The molecule has 0 fully saturated rings. The van der Waals surface area contributed by atoms with Crippen LogP contribution in [0, 0.1) is 13.8 Å². The standard InChI is InChI=1S/C10H12N2O2S/c1-7-4-9-10(5-8(7)2)12(6-11-9)15(3,13)14/h4-6H,1-3H3. The highest BCUT2D eigenvalue weighted by molar-refractivity contribution is 7.89. The summed E-state index contributed by atoms with van der Waals surface area (Å²) >= 11 is 0. The van der Waals surface area contributed by atoms with E-state index in [0.717, 1.165) is 11.1 Å². The van der Waals surface area contributed by atoms with Gasteiger partial charge in [-0.2, -0.15) is 0 Å². The lowest BCUT2D eigenvalue weighted by Crippen LogP contribution is -2.08. The average molecular weight is 224 g/mol. The van der Waals surface area contributed by atoms with Gasteiger partial charge in [0.2, 0.25) is 10.0 Å². The highest BCUT2D eigenvalue weighted by Gasteiger charge is 2.11. The molecule has 4 nitrogen and oxygen atoms in total. The molecule has 0 spiro atoms. The van der Waals surface area contributed by atoms with E-state index in [9.17, 15) is 8.42 Å². The third-order valence-corrected chi connectivity index (χ3v) is 3.49. The predicted molar refractivity (Wildman–Crippen MR) is 59.4 cm³/mol. The van der Waals surface area contributed by atoms with Crippen molar-refractivity contribution in [3.8, 4) is 0 Å². The summed E-state index contributed by atoms with van der Waals surface area (Å²) in [6.45, 7) is 3.93. The van der Waals surface area contributed by atoms with E-state index in [0.29, 0.717) is 11.0 Å². The number of fused-ring (bicyclic) bond motifs is 1. The van der Waals surface area contributed by atoms with Crippen LogP contribution in [0.1, 0.15) is 11.1 Å². The summed E-state index contributed by atoms with van der Waals surface area (Å²) in [5.41, 5.74) is 3.53. The SMILES string of the molecule is Cc1cc2ncn(S(C)(=O)=O)c2cc1C. The second-order valence-corrected chi connectivity index (χ2v) is 5.59. The molecule has 0 unspecified atom stereocenters. The van der Waals surface area contributed by atoms with E-state index in [1.165, 1.54) is 16.6 Å². The average Bonchev–Trinajstić information content (AvgIpc) is 2.47. The quantitative estimate of drug-likeness (QED) is 0.737. The molecule has 5 heteroatoms. The van der Waals surface area contributed by atoms with Crippen molar-refractivity contribution in [2.75, 3.05) is 6.26 Å². The van der Waals surface area contributed by atoms with Crippen LogP contribution in [0.15, 0.2) is 18.5 Å². The fraction of sp³-hybridized carbons (Fsp3) is 0.300. The van der Waals surface area contributed by atoms with Gasteiger partial charge in [0.1, 0.15) is 6.33 Å². The maximum absolute atomic E-state index is 11.4. The van der Waals surface area contributed by atoms with Gasteiger partial charge in [-0.05, 0) is 37.1 Å². The smallest absolute Gasteiger partial charge is 0.236 e. The van der Waals surface area contributed by atoms with Gasteiger partial charge in [-0.15, -0.1) is 0 Å². The lowest BCUT2D eigenvalue weighted by molar-refractivity contribution is 0.595. The second-order valence-electron chi connectivity index (χ2n) is 3.73. The van der Waals surface area contributed by atoms with Gasteiger partial charge in [0.15, 0.2) is 0 Å². The molecule has 0 aliphatic carbocycles. The normalized spacial score (nSPS) is 12.2. The minimum atomic E-state index is -3.26. The molecule has 0 radical (unpaired) electrons. The Hall–Kier alpha value is -1.36. The minimum Gasteiger partial charge on any atom is -0.236 e. The number of aromatic nitrogens is 2. The van der Waals surface area contributed by atoms with Gasteiger partial charge in [0.25, 0.3) is 0 Å². The Morgan fingerprint density at radius 1 is 1.20 bits per heavy atom. The van der Waals surface area contributed by atoms with Crippen molar-refractivity contribution in [2.45, 2.75) is 13.8 Å². The molecule has 15 heavy (non-hydrogen) atoms. The summed E-state index contributed by atoms with van der Waals surface area (Å²) in [6.07, 6.45) is 2.52. The summed E-state index contributed by atoms with van der Waals surface area (Å²) in [7, 11) is -3.26. The van der Waals surface area contributed by atoms with Crippen molar-refractivity contribution in [3.05, 3.63) is 29.6 Å². The Bertz CT molecular complexity index is 626. The van der Waals surface area contributed by atoms with E-state index < -0.39 is 10.0 Å². The Balaban J connectivity index is 2.87. The maximum Gasteiger partial charge on any atom is 0.237 e. The first-order chi connectivity index (χ1) is 6.89. The molecular weight excluding hydrogens is 212 g/mol. The molecular formula is C10H12N2O2S. The van der Waals surface area contributed by atoms with Crippen LogP contribution in [-0.2, 0) is 10.0 Å². The van der Waals surface area contributed by atoms with Crippen LogP contribution >= 0.6 is 0 Å². The molecule has 1 aromatic carbocycles. The van der Waals surface area contributed by atoms with Crippen LogP contribution in [0.25, 0.3) is 11.0 Å². The number of hydrogen-bond acceptors (Lipinski definition) is 3. The van der Waals surface area contributed by atoms with Crippen LogP contribution in [0.2, 0.25) is 0 Å². The van der Waals surface area contributed by atoms with Crippen molar-refractivity contribution in [1.82, 2.24) is 8.96 Å². The van der Waals surface area contributed by atoms with Crippen molar-refractivity contribution < 1.29 is 8.42 Å². The first-order valence-electron chi connectivity index (χ1n) is 4.54. The summed E-state index contributed by atoms with van der Waals surface area (Å²) in [5.74, 6) is 0. The summed E-state index contributed by atoms with van der Waals surface area (Å²) < 4.78 is 24.1. The third-order valence-electron chi connectivity index (χ3n) is 2.49. The molecule has 0 saturated heterocycles. The van der Waals surface area contributed by atoms with Gasteiger partial charge in [-0.3, -0.25) is 0 Å². The zero-order chi connectivity index (χ0) is 11.2. The van der Waals surface area contributed by atoms with E-state index in [-0.39, 0.29) is 0 Å². The van der Waals surface area contributed by atoms with Crippen LogP contribution in [-0.4, -0.2) is 23.6 Å². The highest BCUT2D eigenvalue weighted by Crippen LogP contribution is 2.19. The number of hydrogen-bond donors (Lipinski definition) is 0. The molecule has 2 aromatic rings. The molecule has 1 aromatic heterocycles. The lowest BCUT2D eigenvalue weighted by atomic mass is 10.1. The van der Waals surface area contributed by atoms with Crippen LogP contribution < -0.4 is 0 Å². The van der Waals surface area contributed by atoms with Gasteiger partial charge in [-0.1, -0.05) is 0 Å².